The van der Waals surface area contributed by atoms with Crippen molar-refractivity contribution in [2.75, 3.05) is 5.32 Å². The van der Waals surface area contributed by atoms with E-state index < -0.39 is 5.82 Å². The molecular weight excluding hydrogens is 347 g/mol. The number of hydrogen-bond acceptors (Lipinski definition) is 3. The van der Waals surface area contributed by atoms with Gasteiger partial charge < -0.3 is 5.32 Å². The summed E-state index contributed by atoms with van der Waals surface area (Å²) in [6, 6.07) is 11.2. The van der Waals surface area contributed by atoms with E-state index in [9.17, 15) is 9.18 Å². The van der Waals surface area contributed by atoms with Crippen LogP contribution in [0, 0.1) is 5.82 Å². The van der Waals surface area contributed by atoms with Gasteiger partial charge in [0.25, 0.3) is 5.91 Å². The normalized spacial score (nSPS) is 10.6. The Kier molecular flexibility index (Phi) is 4.92. The second-order valence-electron chi connectivity index (χ2n) is 5.14. The lowest BCUT2D eigenvalue weighted by molar-refractivity contribution is 0.102. The van der Waals surface area contributed by atoms with Gasteiger partial charge in [0.1, 0.15) is 5.82 Å². The highest BCUT2D eigenvalue weighted by Gasteiger charge is 2.11. The minimum absolute atomic E-state index is 0.0977. The van der Waals surface area contributed by atoms with E-state index in [0.717, 1.165) is 28.8 Å². The van der Waals surface area contributed by atoms with Gasteiger partial charge in [0, 0.05) is 21.5 Å². The van der Waals surface area contributed by atoms with Crippen molar-refractivity contribution in [3.8, 4) is 11.3 Å². The van der Waals surface area contributed by atoms with E-state index >= 15 is 0 Å². The van der Waals surface area contributed by atoms with E-state index in [1.807, 2.05) is 17.5 Å². The monoisotopic (exact) mass is 360 g/mol. The zero-order valence-electron chi connectivity index (χ0n) is 12.8. The fourth-order valence-electron chi connectivity index (χ4n) is 2.18. The van der Waals surface area contributed by atoms with Crippen LogP contribution in [0.1, 0.15) is 22.3 Å². The molecule has 0 atom stereocenters. The molecule has 0 aliphatic heterocycles. The number of anilines is 1. The van der Waals surface area contributed by atoms with Crippen molar-refractivity contribution in [2.24, 2.45) is 0 Å². The van der Waals surface area contributed by atoms with Crippen LogP contribution in [0.2, 0.25) is 5.02 Å². The number of halogens is 2. The van der Waals surface area contributed by atoms with Crippen LogP contribution in [0.5, 0.6) is 0 Å². The standard InChI is InChI=1S/C18H14ClFN2OS/c1-2-17-21-16(10-24-17)11-3-5-12(6-4-11)18(23)22-15-8-7-13(19)9-14(15)20/h3-10H,2H2,1H3,(H,22,23). The highest BCUT2D eigenvalue weighted by molar-refractivity contribution is 7.09. The van der Waals surface area contributed by atoms with Crippen LogP contribution in [0.3, 0.4) is 0 Å². The maximum atomic E-state index is 13.7. The summed E-state index contributed by atoms with van der Waals surface area (Å²) in [6.07, 6.45) is 0.901. The fraction of sp³-hybridized carbons (Fsp3) is 0.111. The number of amides is 1. The maximum absolute atomic E-state index is 13.7. The van der Waals surface area contributed by atoms with Crippen molar-refractivity contribution in [1.82, 2.24) is 4.98 Å². The first-order chi connectivity index (χ1) is 11.6. The third-order valence-electron chi connectivity index (χ3n) is 3.48. The molecule has 0 spiro atoms. The summed E-state index contributed by atoms with van der Waals surface area (Å²) in [4.78, 5) is 16.7. The van der Waals surface area contributed by atoms with Crippen LogP contribution in [0.15, 0.2) is 47.8 Å². The molecule has 1 aromatic heterocycles. The molecule has 1 heterocycles. The van der Waals surface area contributed by atoms with Crippen LogP contribution in [0.25, 0.3) is 11.3 Å². The fourth-order valence-corrected chi connectivity index (χ4v) is 3.10. The Hall–Kier alpha value is -2.24. The smallest absolute Gasteiger partial charge is 0.255 e. The van der Waals surface area contributed by atoms with E-state index in [4.69, 9.17) is 11.6 Å². The first-order valence-electron chi connectivity index (χ1n) is 7.38. The first-order valence-corrected chi connectivity index (χ1v) is 8.64. The number of hydrogen-bond donors (Lipinski definition) is 1. The van der Waals surface area contributed by atoms with Gasteiger partial charge in [-0.15, -0.1) is 11.3 Å². The number of rotatable bonds is 4. The molecule has 0 aliphatic carbocycles. The Balaban J connectivity index is 1.76. The Bertz CT molecular complexity index is 877. The third-order valence-corrected chi connectivity index (χ3v) is 4.70. The predicted octanol–water partition coefficient (Wildman–Crippen LogP) is 5.42. The highest BCUT2D eigenvalue weighted by Crippen LogP contribution is 2.23. The van der Waals surface area contributed by atoms with Crippen LogP contribution in [0.4, 0.5) is 10.1 Å². The quantitative estimate of drug-likeness (QED) is 0.675. The largest absolute Gasteiger partial charge is 0.319 e. The number of aromatic nitrogens is 1. The van der Waals surface area contributed by atoms with E-state index in [-0.39, 0.29) is 16.6 Å². The molecule has 0 radical (unpaired) electrons. The van der Waals surface area contributed by atoms with Crippen molar-refractivity contribution < 1.29 is 9.18 Å². The molecule has 1 N–H and O–H groups in total. The average molecular weight is 361 g/mol. The van der Waals surface area contributed by atoms with Crippen LogP contribution in [-0.4, -0.2) is 10.9 Å². The molecule has 3 rings (SSSR count). The highest BCUT2D eigenvalue weighted by atomic mass is 35.5. The van der Waals surface area contributed by atoms with E-state index in [2.05, 4.69) is 17.2 Å². The molecule has 122 valence electrons. The lowest BCUT2D eigenvalue weighted by Crippen LogP contribution is -2.12. The number of carbonyl (C=O) groups excluding carboxylic acids is 1. The van der Waals surface area contributed by atoms with E-state index in [1.165, 1.54) is 12.1 Å². The summed E-state index contributed by atoms with van der Waals surface area (Å²) in [7, 11) is 0. The van der Waals surface area contributed by atoms with Gasteiger partial charge in [-0.1, -0.05) is 30.7 Å². The molecule has 0 unspecified atom stereocenters. The van der Waals surface area contributed by atoms with Crippen LogP contribution < -0.4 is 5.32 Å². The maximum Gasteiger partial charge on any atom is 0.255 e. The lowest BCUT2D eigenvalue weighted by Gasteiger charge is -2.07. The van der Waals surface area contributed by atoms with Gasteiger partial charge in [-0.05, 0) is 36.8 Å². The van der Waals surface area contributed by atoms with Crippen molar-refractivity contribution in [1.29, 1.82) is 0 Å². The van der Waals surface area contributed by atoms with Gasteiger partial charge in [-0.25, -0.2) is 9.37 Å². The summed E-state index contributed by atoms with van der Waals surface area (Å²) < 4.78 is 13.7. The molecule has 6 heteroatoms. The second kappa shape index (κ2) is 7.11. The Morgan fingerprint density at radius 1 is 1.25 bits per heavy atom. The summed E-state index contributed by atoms with van der Waals surface area (Å²) >= 11 is 7.32. The second-order valence-corrected chi connectivity index (χ2v) is 6.51. The molecular formula is C18H14ClFN2OS. The summed E-state index contributed by atoms with van der Waals surface area (Å²) in [5.41, 5.74) is 2.38. The van der Waals surface area contributed by atoms with Gasteiger partial charge in [0.2, 0.25) is 0 Å². The summed E-state index contributed by atoms with van der Waals surface area (Å²) in [5, 5.41) is 5.89. The molecule has 3 aromatic rings. The molecule has 2 aromatic carbocycles. The number of nitrogens with one attached hydrogen (secondary N) is 1. The zero-order valence-corrected chi connectivity index (χ0v) is 14.4. The predicted molar refractivity (Wildman–Crippen MR) is 96.3 cm³/mol. The molecule has 0 aliphatic rings. The number of thiazole rings is 1. The Labute approximate surface area is 148 Å². The molecule has 1 amide bonds. The number of benzene rings is 2. The van der Waals surface area contributed by atoms with Gasteiger partial charge in [-0.2, -0.15) is 0 Å². The zero-order chi connectivity index (χ0) is 17.1. The van der Waals surface area contributed by atoms with Gasteiger partial charge in [-0.3, -0.25) is 4.79 Å². The molecule has 0 saturated carbocycles. The minimum Gasteiger partial charge on any atom is -0.319 e. The Morgan fingerprint density at radius 2 is 2.00 bits per heavy atom. The van der Waals surface area contributed by atoms with Gasteiger partial charge in [0.15, 0.2) is 0 Å². The topological polar surface area (TPSA) is 42.0 Å². The molecule has 0 bridgehead atoms. The number of carbonyl (C=O) groups is 1. The lowest BCUT2D eigenvalue weighted by atomic mass is 10.1. The van der Waals surface area contributed by atoms with Crippen LogP contribution >= 0.6 is 22.9 Å². The van der Waals surface area contributed by atoms with Crippen molar-refractivity contribution in [3.05, 3.63) is 69.3 Å². The SMILES string of the molecule is CCc1nc(-c2ccc(C(=O)Nc3ccc(Cl)cc3F)cc2)cs1. The number of nitrogens with zero attached hydrogens (tertiary/aromatic N) is 1. The summed E-state index contributed by atoms with van der Waals surface area (Å²) in [6.45, 7) is 2.06. The van der Waals surface area contributed by atoms with Gasteiger partial charge >= 0.3 is 0 Å². The molecule has 0 fully saturated rings. The number of aryl methyl sites for hydroxylation is 1. The van der Waals surface area contributed by atoms with Crippen molar-refractivity contribution in [2.45, 2.75) is 13.3 Å². The minimum atomic E-state index is -0.568. The van der Waals surface area contributed by atoms with Gasteiger partial charge in [0.05, 0.1) is 16.4 Å². The van der Waals surface area contributed by atoms with Crippen molar-refractivity contribution >= 4 is 34.5 Å². The van der Waals surface area contributed by atoms with E-state index in [0.29, 0.717) is 5.56 Å². The first kappa shape index (κ1) is 16.6. The van der Waals surface area contributed by atoms with E-state index in [1.54, 1.807) is 23.5 Å². The summed E-state index contributed by atoms with van der Waals surface area (Å²) in [5.74, 6) is -0.947. The van der Waals surface area contributed by atoms with Crippen LogP contribution in [-0.2, 0) is 6.42 Å². The Morgan fingerprint density at radius 3 is 2.62 bits per heavy atom. The van der Waals surface area contributed by atoms with Crippen molar-refractivity contribution in [3.63, 3.8) is 0 Å². The third kappa shape index (κ3) is 3.63. The molecule has 3 nitrogen and oxygen atoms in total. The average Bonchev–Trinajstić information content (AvgIpc) is 3.06. The molecule has 0 saturated heterocycles. The molecule has 24 heavy (non-hydrogen) atoms.